The van der Waals surface area contributed by atoms with E-state index in [0.717, 1.165) is 58.5 Å². The van der Waals surface area contributed by atoms with Crippen molar-refractivity contribution < 1.29 is 13.2 Å². The van der Waals surface area contributed by atoms with Crippen molar-refractivity contribution in [1.29, 1.82) is 0 Å². The first kappa shape index (κ1) is 23.3. The average molecular weight is 492 g/mol. The number of imidazole rings is 1. The summed E-state index contributed by atoms with van der Waals surface area (Å²) in [6.45, 7) is 2.09. The van der Waals surface area contributed by atoms with Crippen LogP contribution in [0, 0.1) is 0 Å². The van der Waals surface area contributed by atoms with Gasteiger partial charge in [-0.25, -0.2) is 18.4 Å². The van der Waals surface area contributed by atoms with Gasteiger partial charge in [0, 0.05) is 36.6 Å². The van der Waals surface area contributed by atoms with Crippen LogP contribution in [0.3, 0.4) is 0 Å². The van der Waals surface area contributed by atoms with E-state index in [0.29, 0.717) is 19.0 Å². The monoisotopic (exact) mass is 491 g/mol. The molecule has 8 nitrogen and oxygen atoms in total. The molecule has 5 rings (SSSR count). The summed E-state index contributed by atoms with van der Waals surface area (Å²) >= 11 is 0. The second-order valence-electron chi connectivity index (χ2n) is 9.11. The molecule has 1 aliphatic rings. The number of rotatable bonds is 8. The van der Waals surface area contributed by atoms with Gasteiger partial charge < -0.3 is 9.64 Å². The van der Waals surface area contributed by atoms with Gasteiger partial charge >= 0.3 is 0 Å². The minimum Gasteiger partial charge on any atom is -0.478 e. The Morgan fingerprint density at radius 3 is 2.60 bits per heavy atom. The van der Waals surface area contributed by atoms with Crippen molar-refractivity contribution in [1.82, 2.24) is 19.4 Å². The summed E-state index contributed by atoms with van der Waals surface area (Å²) in [7, 11) is 0.779. The Morgan fingerprint density at radius 2 is 1.86 bits per heavy atom. The molecule has 2 aromatic carbocycles. The standard InChI is InChI=1S/C26H29N5O3S/c1-29(2)12-4-14-34-26-10-7-21(17-27-26)20-6-9-23-25(15-20)30(18-28-23)22-8-5-19-11-13-31(24(19)16-22)35(3,32)33/h5-10,15-18H,4,11-14H2,1-3H3. The number of pyridine rings is 1. The third-order valence-corrected chi connectivity index (χ3v) is 7.40. The second-order valence-corrected chi connectivity index (χ2v) is 11.0. The third kappa shape index (κ3) is 4.87. The number of anilines is 1. The first-order chi connectivity index (χ1) is 16.8. The van der Waals surface area contributed by atoms with Crippen LogP contribution in [0.4, 0.5) is 5.69 Å². The van der Waals surface area contributed by atoms with Crippen molar-refractivity contribution >= 4 is 26.7 Å². The van der Waals surface area contributed by atoms with E-state index in [-0.39, 0.29) is 0 Å². The molecule has 0 bridgehead atoms. The van der Waals surface area contributed by atoms with Crippen LogP contribution >= 0.6 is 0 Å². The van der Waals surface area contributed by atoms with Gasteiger partial charge in [0.25, 0.3) is 0 Å². The zero-order valence-electron chi connectivity index (χ0n) is 20.2. The van der Waals surface area contributed by atoms with E-state index in [2.05, 4.69) is 20.9 Å². The Labute approximate surface area is 205 Å². The summed E-state index contributed by atoms with van der Waals surface area (Å²) in [6, 6.07) is 16.0. The molecule has 0 fully saturated rings. The molecular weight excluding hydrogens is 462 g/mol. The molecule has 35 heavy (non-hydrogen) atoms. The van der Waals surface area contributed by atoms with Gasteiger partial charge in [-0.05, 0) is 68.4 Å². The molecule has 0 spiro atoms. The molecule has 9 heteroatoms. The highest BCUT2D eigenvalue weighted by Gasteiger charge is 2.26. The Hall–Kier alpha value is -3.43. The molecule has 0 saturated carbocycles. The summed E-state index contributed by atoms with van der Waals surface area (Å²) in [4.78, 5) is 11.2. The SMILES string of the molecule is CN(C)CCCOc1ccc(-c2ccc3ncn(-c4ccc5c(c4)N(S(C)(=O)=O)CC5)c3c2)cn1. The zero-order valence-corrected chi connectivity index (χ0v) is 21.0. The van der Waals surface area contributed by atoms with Crippen molar-refractivity contribution in [3.63, 3.8) is 0 Å². The number of sulfonamides is 1. The van der Waals surface area contributed by atoms with E-state index in [9.17, 15) is 8.42 Å². The molecule has 0 amide bonds. The Kier molecular flexibility index (Phi) is 6.21. The van der Waals surface area contributed by atoms with E-state index in [1.807, 2.05) is 67.3 Å². The first-order valence-electron chi connectivity index (χ1n) is 11.6. The minimum atomic E-state index is -3.31. The van der Waals surface area contributed by atoms with Crippen LogP contribution in [0.1, 0.15) is 12.0 Å². The van der Waals surface area contributed by atoms with Crippen LogP contribution in [0.25, 0.3) is 27.8 Å². The van der Waals surface area contributed by atoms with Gasteiger partial charge in [-0.2, -0.15) is 0 Å². The fraction of sp³-hybridized carbons (Fsp3) is 0.308. The molecule has 0 N–H and O–H groups in total. The highest BCUT2D eigenvalue weighted by molar-refractivity contribution is 7.92. The average Bonchev–Trinajstić information content (AvgIpc) is 3.45. The normalized spacial score (nSPS) is 13.5. The smallest absolute Gasteiger partial charge is 0.232 e. The number of fused-ring (bicyclic) bond motifs is 2. The Morgan fingerprint density at radius 1 is 1.03 bits per heavy atom. The summed E-state index contributed by atoms with van der Waals surface area (Å²) in [6.07, 6.45) is 6.52. The fourth-order valence-corrected chi connectivity index (χ4v) is 5.37. The lowest BCUT2D eigenvalue weighted by Gasteiger charge is -2.17. The van der Waals surface area contributed by atoms with E-state index >= 15 is 0 Å². The van der Waals surface area contributed by atoms with Crippen LogP contribution in [-0.4, -0.2) is 67.9 Å². The molecule has 3 heterocycles. The lowest BCUT2D eigenvalue weighted by Crippen LogP contribution is -2.27. The van der Waals surface area contributed by atoms with Crippen molar-refractivity contribution in [2.24, 2.45) is 0 Å². The summed E-state index contributed by atoms with van der Waals surface area (Å²) in [5.74, 6) is 0.618. The topological polar surface area (TPSA) is 80.6 Å². The minimum absolute atomic E-state index is 0.481. The predicted octanol–water partition coefficient (Wildman–Crippen LogP) is 3.74. The number of benzene rings is 2. The predicted molar refractivity (Wildman–Crippen MR) is 139 cm³/mol. The van der Waals surface area contributed by atoms with E-state index in [4.69, 9.17) is 4.74 Å². The van der Waals surface area contributed by atoms with Gasteiger partial charge in [-0.15, -0.1) is 0 Å². The number of ether oxygens (including phenoxy) is 1. The van der Waals surface area contributed by atoms with Gasteiger partial charge in [0.05, 0.1) is 29.6 Å². The van der Waals surface area contributed by atoms with Crippen molar-refractivity contribution in [2.45, 2.75) is 12.8 Å². The fourth-order valence-electron chi connectivity index (χ4n) is 4.42. The van der Waals surface area contributed by atoms with E-state index < -0.39 is 10.0 Å². The van der Waals surface area contributed by atoms with Gasteiger partial charge in [0.15, 0.2) is 0 Å². The maximum absolute atomic E-state index is 12.2. The third-order valence-electron chi connectivity index (χ3n) is 6.22. The molecule has 4 aromatic rings. The van der Waals surface area contributed by atoms with Crippen LogP contribution < -0.4 is 9.04 Å². The maximum Gasteiger partial charge on any atom is 0.232 e. The second kappa shape index (κ2) is 9.31. The van der Waals surface area contributed by atoms with Gasteiger partial charge in [0.2, 0.25) is 15.9 Å². The lowest BCUT2D eigenvalue weighted by atomic mass is 10.1. The number of nitrogens with zero attached hydrogens (tertiary/aromatic N) is 5. The summed E-state index contributed by atoms with van der Waals surface area (Å²) < 4.78 is 33.7. The quantitative estimate of drug-likeness (QED) is 0.349. The Bertz CT molecular complexity index is 1460. The number of aromatic nitrogens is 3. The molecule has 182 valence electrons. The summed E-state index contributed by atoms with van der Waals surface area (Å²) in [5.41, 5.74) is 6.46. The molecule has 0 radical (unpaired) electrons. The molecule has 0 aliphatic carbocycles. The molecular formula is C26H29N5O3S. The summed E-state index contributed by atoms with van der Waals surface area (Å²) in [5, 5.41) is 0. The highest BCUT2D eigenvalue weighted by atomic mass is 32.2. The van der Waals surface area contributed by atoms with Crippen LogP contribution in [0.2, 0.25) is 0 Å². The lowest BCUT2D eigenvalue weighted by molar-refractivity contribution is 0.273. The van der Waals surface area contributed by atoms with Gasteiger partial charge in [0.1, 0.15) is 6.33 Å². The first-order valence-corrected chi connectivity index (χ1v) is 13.5. The van der Waals surface area contributed by atoms with Gasteiger partial charge in [-0.1, -0.05) is 12.1 Å². The van der Waals surface area contributed by atoms with Gasteiger partial charge in [-0.3, -0.25) is 8.87 Å². The highest BCUT2D eigenvalue weighted by Crippen LogP contribution is 2.33. The number of hydrogen-bond donors (Lipinski definition) is 0. The van der Waals surface area contributed by atoms with Crippen LogP contribution in [-0.2, 0) is 16.4 Å². The van der Waals surface area contributed by atoms with Crippen LogP contribution in [0.15, 0.2) is 61.1 Å². The molecule has 0 saturated heterocycles. The maximum atomic E-state index is 12.2. The molecule has 0 atom stereocenters. The molecule has 2 aromatic heterocycles. The molecule has 1 aliphatic heterocycles. The van der Waals surface area contributed by atoms with E-state index in [1.165, 1.54) is 10.6 Å². The number of hydrogen-bond acceptors (Lipinski definition) is 6. The van der Waals surface area contributed by atoms with Crippen LogP contribution in [0.5, 0.6) is 5.88 Å². The zero-order chi connectivity index (χ0) is 24.6. The van der Waals surface area contributed by atoms with Crippen molar-refractivity contribution in [2.75, 3.05) is 44.4 Å². The van der Waals surface area contributed by atoms with E-state index in [1.54, 1.807) is 6.33 Å². The largest absolute Gasteiger partial charge is 0.478 e. The molecule has 0 unspecified atom stereocenters. The van der Waals surface area contributed by atoms with Crippen molar-refractivity contribution in [3.05, 3.63) is 66.6 Å². The Balaban J connectivity index is 1.41. The van der Waals surface area contributed by atoms with Crippen molar-refractivity contribution in [3.8, 4) is 22.7 Å².